The number of rotatable bonds is 11. The van der Waals surface area contributed by atoms with Gasteiger partial charge in [0.15, 0.2) is 5.82 Å². The molecule has 11 rings (SSSR count). The lowest BCUT2D eigenvalue weighted by Crippen LogP contribution is -2.45. The zero-order valence-electron chi connectivity index (χ0n) is 46.2. The van der Waals surface area contributed by atoms with Gasteiger partial charge in [0.05, 0.1) is 75.6 Å². The van der Waals surface area contributed by atoms with Gasteiger partial charge in [-0.1, -0.05) is 73.7 Å². The van der Waals surface area contributed by atoms with Crippen molar-refractivity contribution in [2.75, 3.05) is 36.0 Å². The van der Waals surface area contributed by atoms with Crippen LogP contribution >= 0.6 is 15.9 Å². The van der Waals surface area contributed by atoms with Gasteiger partial charge in [-0.25, -0.2) is 24.9 Å². The number of morpholine rings is 2. The number of hydrogen-bond acceptors (Lipinski definition) is 14. The van der Waals surface area contributed by atoms with E-state index in [0.717, 1.165) is 98.5 Å². The van der Waals surface area contributed by atoms with Crippen molar-refractivity contribution in [2.45, 2.75) is 130 Å². The Balaban J connectivity index is 0.000000149. The molecule has 2 N–H and O–H groups in total. The number of nitrogens with zero attached hydrogens (tertiary/aromatic N) is 8. The largest absolute Gasteiger partial charge is 0.495 e. The quantitative estimate of drug-likeness (QED) is 0.0921. The first-order chi connectivity index (χ1) is 37.3. The van der Waals surface area contributed by atoms with Crippen LogP contribution in [0.1, 0.15) is 131 Å². The summed E-state index contributed by atoms with van der Waals surface area (Å²) < 4.78 is 25.0. The van der Waals surface area contributed by atoms with E-state index in [1.54, 1.807) is 24.8 Å². The molecule has 0 spiro atoms. The highest BCUT2D eigenvalue weighted by molar-refractivity contribution is 9.10. The Labute approximate surface area is 466 Å². The van der Waals surface area contributed by atoms with Gasteiger partial charge in [0, 0.05) is 86.5 Å². The fourth-order valence-electron chi connectivity index (χ4n) is 10.2. The fourth-order valence-corrected chi connectivity index (χ4v) is 10.4. The number of H-pyrrole nitrogens is 1. The van der Waals surface area contributed by atoms with Crippen LogP contribution in [-0.2, 0) is 25.2 Å². The first-order valence-corrected chi connectivity index (χ1v) is 27.7. The van der Waals surface area contributed by atoms with E-state index >= 15 is 0 Å². The number of ketones is 1. The van der Waals surface area contributed by atoms with Gasteiger partial charge < -0.3 is 38.9 Å². The van der Waals surface area contributed by atoms with Crippen LogP contribution in [0.3, 0.4) is 0 Å². The number of carbonyl (C=O) groups excluding carboxylic acids is 2. The Morgan fingerprint density at radius 3 is 1.79 bits per heavy atom. The third kappa shape index (κ3) is 13.2. The van der Waals surface area contributed by atoms with E-state index in [2.05, 4.69) is 135 Å². The van der Waals surface area contributed by atoms with Crippen LogP contribution in [-0.4, -0.2) is 115 Å². The van der Waals surface area contributed by atoms with Crippen molar-refractivity contribution >= 4 is 62.6 Å². The minimum absolute atomic E-state index is 0.0543. The number of pyridine rings is 2. The maximum absolute atomic E-state index is 12.8. The molecule has 5 aromatic heterocycles. The lowest BCUT2D eigenvalue weighted by Gasteiger charge is -2.36. The fraction of sp³-hybridized carbons (Fsp3) is 0.400. The van der Waals surface area contributed by atoms with E-state index < -0.39 is 0 Å². The molecule has 16 nitrogen and oxygen atoms in total. The van der Waals surface area contributed by atoms with Crippen molar-refractivity contribution < 1.29 is 28.4 Å². The highest BCUT2D eigenvalue weighted by atomic mass is 79.9. The second-order valence-corrected chi connectivity index (χ2v) is 22.7. The number of aromatic amines is 1. The molecule has 2 aromatic carbocycles. The van der Waals surface area contributed by atoms with Crippen LogP contribution in [0.4, 0.5) is 11.4 Å². The Bertz CT molecular complexity index is 3180. The van der Waals surface area contributed by atoms with Crippen LogP contribution < -0.4 is 15.1 Å². The Morgan fingerprint density at radius 2 is 1.22 bits per heavy atom. The van der Waals surface area contributed by atoms with Gasteiger partial charge >= 0.3 is 7.12 Å². The standard InChI is InChI=1S/C27H29N5O2.C20H29BN2O3.C13H12BrN3O/c1-17(20-7-5-4-6-8-20)9-25(33)27-28-11-21(12-29-27)24-14-31-26-23(24)10-22(13-30-26)32-15-18(2)34-19(3)16-32;1-13-11-23(12-14(2)24-13)15-9-16-17(7-8-18(16)22-10-15)21-25-19(3,4)20(5,6)26-21;1-9(10-5-3-2-4-6-10)17-13(18)12-15-7-11(14)8-16-12/h4-8,10-14,17-19H,9,15-16H2,1-3H3,(H,30,31);7,9-10,13-14H,8,11-12H2,1-6H3;2-9H,1H3,(H,17,18)/t17-,18-,19+;13-,14+;9-/m0.1/s1. The molecule has 3 aliphatic heterocycles. The summed E-state index contributed by atoms with van der Waals surface area (Å²) in [7, 11) is -0.333. The zero-order chi connectivity index (χ0) is 55.3. The number of nitrogens with one attached hydrogen (secondary N) is 2. The first-order valence-electron chi connectivity index (χ1n) is 26.9. The number of benzene rings is 2. The first kappa shape index (κ1) is 56.0. The summed E-state index contributed by atoms with van der Waals surface area (Å²) in [6, 6.07) is 24.1. The Hall–Kier alpha value is -6.70. The van der Waals surface area contributed by atoms with Gasteiger partial charge in [0.2, 0.25) is 11.6 Å². The molecule has 0 saturated carbocycles. The minimum atomic E-state index is -0.333. The van der Waals surface area contributed by atoms with Crippen LogP contribution in [0, 0.1) is 0 Å². The monoisotopic (exact) mass is 1120 g/mol. The summed E-state index contributed by atoms with van der Waals surface area (Å²) in [5.74, 6) is 0.198. The highest BCUT2D eigenvalue weighted by Gasteiger charge is 2.53. The molecule has 0 unspecified atom stereocenters. The van der Waals surface area contributed by atoms with Crippen molar-refractivity contribution in [3.05, 3.63) is 161 Å². The molecule has 1 amide bonds. The van der Waals surface area contributed by atoms with Crippen molar-refractivity contribution in [3.63, 3.8) is 0 Å². The van der Waals surface area contributed by atoms with Crippen LogP contribution in [0.15, 0.2) is 127 Å². The second-order valence-electron chi connectivity index (χ2n) is 21.8. The van der Waals surface area contributed by atoms with Gasteiger partial charge in [-0.15, -0.1) is 0 Å². The number of carbonyl (C=O) groups is 2. The SMILES string of the molecule is C[C@@H](NC(=O)c1ncc(Br)cn1)c1ccccc1.C[C@@H]1CN(c2cnc3[nH]cc(-c4cnc(C(=O)C[C@H](C)c5ccccc5)nc4)c3c2)C[C@H](C)O1.C[C@@H]1CN(c2cnc3c(c2)C(B2OC(C)(C)C(C)(C)O2)=CC3)C[C@H](C)O1. The molecule has 4 aliphatic rings. The van der Waals surface area contributed by atoms with Gasteiger partial charge in [0.25, 0.3) is 5.91 Å². The average Bonchev–Trinajstić information content (AvgIpc) is 4.14. The summed E-state index contributed by atoms with van der Waals surface area (Å²) >= 11 is 3.23. The molecule has 0 bridgehead atoms. The highest BCUT2D eigenvalue weighted by Crippen LogP contribution is 2.43. The van der Waals surface area contributed by atoms with Crippen molar-refractivity contribution in [3.8, 4) is 11.1 Å². The molecule has 8 heterocycles. The predicted molar refractivity (Wildman–Crippen MR) is 309 cm³/mol. The van der Waals surface area contributed by atoms with E-state index in [4.69, 9.17) is 23.8 Å². The smallest absolute Gasteiger partial charge is 0.399 e. The summed E-state index contributed by atoms with van der Waals surface area (Å²) in [4.78, 5) is 58.6. The Kier molecular flexibility index (Phi) is 17.3. The maximum atomic E-state index is 12.8. The topological polar surface area (TPSA) is 183 Å². The average molecular weight is 1120 g/mol. The number of halogens is 1. The zero-order valence-corrected chi connectivity index (χ0v) is 47.8. The van der Waals surface area contributed by atoms with Crippen LogP contribution in [0.5, 0.6) is 0 Å². The third-order valence-corrected chi connectivity index (χ3v) is 15.3. The number of fused-ring (bicyclic) bond motifs is 2. The van der Waals surface area contributed by atoms with Crippen molar-refractivity contribution in [1.82, 2.24) is 40.2 Å². The third-order valence-electron chi connectivity index (χ3n) is 14.9. The van der Waals surface area contributed by atoms with Gasteiger partial charge in [-0.05, 0) is 118 Å². The van der Waals surface area contributed by atoms with Crippen LogP contribution in [0.2, 0.25) is 0 Å². The number of aromatic nitrogens is 7. The molecule has 18 heteroatoms. The van der Waals surface area contributed by atoms with Crippen molar-refractivity contribution in [1.29, 1.82) is 0 Å². The van der Waals surface area contributed by atoms with E-state index in [1.807, 2.05) is 93.1 Å². The lowest BCUT2D eigenvalue weighted by atomic mass is 9.75. The number of amides is 1. The molecule has 1 aliphatic carbocycles. The molecule has 78 heavy (non-hydrogen) atoms. The molecule has 3 saturated heterocycles. The van der Waals surface area contributed by atoms with E-state index in [-0.39, 0.29) is 78.0 Å². The van der Waals surface area contributed by atoms with E-state index in [0.29, 0.717) is 6.42 Å². The molecule has 3 fully saturated rings. The van der Waals surface area contributed by atoms with Gasteiger partial charge in [-0.3, -0.25) is 14.6 Å². The summed E-state index contributed by atoms with van der Waals surface area (Å²) in [6.45, 7) is 24.2. The molecular formula is C60H70BBrN10O6. The number of Topliss-reactive ketones (excluding diaryl/α,β-unsaturated/α-hetero) is 1. The predicted octanol–water partition coefficient (Wildman–Crippen LogP) is 11.0. The number of allylic oxidation sites excluding steroid dienone is 1. The van der Waals surface area contributed by atoms with Crippen molar-refractivity contribution in [2.24, 2.45) is 0 Å². The summed E-state index contributed by atoms with van der Waals surface area (Å²) in [6.07, 6.45) is 16.6. The summed E-state index contributed by atoms with van der Waals surface area (Å²) in [5, 5.41) is 3.86. The minimum Gasteiger partial charge on any atom is -0.399 e. The van der Waals surface area contributed by atoms with E-state index in [1.165, 1.54) is 0 Å². The molecular weight excluding hydrogens is 1050 g/mol. The van der Waals surface area contributed by atoms with Gasteiger partial charge in [0.1, 0.15) is 5.65 Å². The maximum Gasteiger partial charge on any atom is 0.495 e. The second kappa shape index (κ2) is 24.1. The normalized spacial score (nSPS) is 21.1. The molecule has 6 atom stereocenters. The number of hydrogen-bond donors (Lipinski definition) is 2. The van der Waals surface area contributed by atoms with Gasteiger partial charge in [-0.2, -0.15) is 0 Å². The van der Waals surface area contributed by atoms with E-state index in [9.17, 15) is 9.59 Å². The Morgan fingerprint density at radius 1 is 0.692 bits per heavy atom. The van der Waals surface area contributed by atoms with Crippen LogP contribution in [0.25, 0.3) is 27.6 Å². The molecule has 0 radical (unpaired) electrons. The molecule has 7 aromatic rings. The number of ether oxygens (including phenoxy) is 2. The molecule has 406 valence electrons. The lowest BCUT2D eigenvalue weighted by molar-refractivity contribution is -0.00549. The summed E-state index contributed by atoms with van der Waals surface area (Å²) in [5.41, 5.74) is 9.74. The number of anilines is 2.